The number of carbonyl (C=O) groups excluding carboxylic acids is 1. The van der Waals surface area contributed by atoms with Crippen LogP contribution in [0.5, 0.6) is 0 Å². The second-order valence-corrected chi connectivity index (χ2v) is 11.4. The van der Waals surface area contributed by atoms with E-state index in [1.165, 1.54) is 25.7 Å². The van der Waals surface area contributed by atoms with Gasteiger partial charge in [0.15, 0.2) is 5.78 Å². The van der Waals surface area contributed by atoms with Crippen molar-refractivity contribution in [1.29, 1.82) is 0 Å². The van der Waals surface area contributed by atoms with E-state index < -0.39 is 5.60 Å². The molecule has 4 rings (SSSR count). The Bertz CT molecular complexity index is 580. The van der Waals surface area contributed by atoms with Crippen LogP contribution in [-0.2, 0) is 4.79 Å². The van der Waals surface area contributed by atoms with E-state index in [-0.39, 0.29) is 29.1 Å². The van der Waals surface area contributed by atoms with Gasteiger partial charge in [-0.05, 0) is 98.7 Å². The third kappa shape index (κ3) is 2.71. The summed E-state index contributed by atoms with van der Waals surface area (Å²) in [5.41, 5.74) is -0.113. The van der Waals surface area contributed by atoms with Crippen molar-refractivity contribution < 1.29 is 15.0 Å². The molecule has 3 nitrogen and oxygen atoms in total. The largest absolute Gasteiger partial charge is 0.390 e. The molecule has 0 aromatic carbocycles. The molecule has 4 aliphatic rings. The first kappa shape index (κ1) is 18.9. The number of hydrogen-bond donors (Lipinski definition) is 2. The summed E-state index contributed by atoms with van der Waals surface area (Å²) in [4.78, 5) is 12.4. The Kier molecular flexibility index (Phi) is 4.40. The molecule has 0 radical (unpaired) electrons. The SMILES string of the molecule is CC1(C)C[C@@H]2[C@H](CC[C@]3(C)[C@@H](C(=O)CO)CC[C@@H]23)[C@H]2CC[C@](C)(O)C[C@H]21. The van der Waals surface area contributed by atoms with E-state index in [0.717, 1.165) is 43.4 Å². The Morgan fingerprint density at radius 3 is 2.27 bits per heavy atom. The summed E-state index contributed by atoms with van der Waals surface area (Å²) < 4.78 is 0. The van der Waals surface area contributed by atoms with E-state index in [1.54, 1.807) is 0 Å². The highest BCUT2D eigenvalue weighted by molar-refractivity contribution is 5.83. The highest BCUT2D eigenvalue weighted by Crippen LogP contribution is 2.67. The van der Waals surface area contributed by atoms with Crippen molar-refractivity contribution in [2.75, 3.05) is 6.61 Å². The first-order valence-electron chi connectivity index (χ1n) is 10.9. The summed E-state index contributed by atoms with van der Waals surface area (Å²) in [6.45, 7) is 8.96. The number of rotatable bonds is 2. The highest BCUT2D eigenvalue weighted by Gasteiger charge is 2.61. The van der Waals surface area contributed by atoms with Crippen LogP contribution in [0.15, 0.2) is 0 Å². The van der Waals surface area contributed by atoms with Crippen LogP contribution in [0.1, 0.15) is 79.1 Å². The van der Waals surface area contributed by atoms with Crippen molar-refractivity contribution in [3.05, 3.63) is 0 Å². The molecule has 4 aliphatic carbocycles. The predicted molar refractivity (Wildman–Crippen MR) is 102 cm³/mol. The standard InChI is InChI=1S/C23H38O3/c1-21(2)11-16-14(15-7-9-22(3,26)12-19(15)21)8-10-23(4)17(16)5-6-18(23)20(25)13-24/h14-19,24,26H,5-13H2,1-4H3/t14-,15-,16-,17+,18-,19-,22+,23+/m1/s1. The van der Waals surface area contributed by atoms with Gasteiger partial charge < -0.3 is 10.2 Å². The van der Waals surface area contributed by atoms with E-state index >= 15 is 0 Å². The Labute approximate surface area is 158 Å². The Balaban J connectivity index is 1.63. The number of aliphatic hydroxyl groups is 2. The average Bonchev–Trinajstić information content (AvgIpc) is 2.91. The molecule has 0 heterocycles. The van der Waals surface area contributed by atoms with Gasteiger partial charge in [-0.1, -0.05) is 20.8 Å². The van der Waals surface area contributed by atoms with Crippen LogP contribution in [0.25, 0.3) is 0 Å². The van der Waals surface area contributed by atoms with Crippen molar-refractivity contribution in [2.45, 2.75) is 84.7 Å². The average molecular weight is 363 g/mol. The Morgan fingerprint density at radius 1 is 0.885 bits per heavy atom. The van der Waals surface area contributed by atoms with Crippen molar-refractivity contribution in [3.8, 4) is 0 Å². The maximum Gasteiger partial charge on any atom is 0.161 e. The number of Topliss-reactive ketones (excluding diaryl/α,β-unsaturated/α-hetero) is 1. The molecule has 148 valence electrons. The molecule has 4 saturated carbocycles. The molecule has 0 aliphatic heterocycles. The van der Waals surface area contributed by atoms with Gasteiger partial charge in [0.05, 0.1) is 5.60 Å². The van der Waals surface area contributed by atoms with E-state index in [1.807, 2.05) is 6.92 Å². The minimum absolute atomic E-state index is 0.0753. The smallest absolute Gasteiger partial charge is 0.161 e. The summed E-state index contributed by atoms with van der Waals surface area (Å²) in [5, 5.41) is 20.1. The summed E-state index contributed by atoms with van der Waals surface area (Å²) in [7, 11) is 0. The maximum absolute atomic E-state index is 12.4. The first-order valence-corrected chi connectivity index (χ1v) is 10.9. The van der Waals surface area contributed by atoms with E-state index in [4.69, 9.17) is 0 Å². The molecule has 0 spiro atoms. The lowest BCUT2D eigenvalue weighted by atomic mass is 9.44. The fourth-order valence-corrected chi connectivity index (χ4v) is 8.31. The number of fused-ring (bicyclic) bond motifs is 5. The first-order chi connectivity index (χ1) is 12.1. The molecule has 3 heteroatoms. The molecule has 0 unspecified atom stereocenters. The van der Waals surface area contributed by atoms with Crippen molar-refractivity contribution >= 4 is 5.78 Å². The van der Waals surface area contributed by atoms with Crippen molar-refractivity contribution in [3.63, 3.8) is 0 Å². The van der Waals surface area contributed by atoms with Gasteiger partial charge in [-0.25, -0.2) is 0 Å². The van der Waals surface area contributed by atoms with Crippen LogP contribution in [0.4, 0.5) is 0 Å². The second-order valence-electron chi connectivity index (χ2n) is 11.4. The molecule has 8 atom stereocenters. The van der Waals surface area contributed by atoms with Gasteiger partial charge in [-0.3, -0.25) is 4.79 Å². The van der Waals surface area contributed by atoms with Gasteiger partial charge in [0.1, 0.15) is 6.61 Å². The highest BCUT2D eigenvalue weighted by atomic mass is 16.3. The lowest BCUT2D eigenvalue weighted by molar-refractivity contribution is -0.151. The molecule has 0 aromatic heterocycles. The molecule has 26 heavy (non-hydrogen) atoms. The van der Waals surface area contributed by atoms with Gasteiger partial charge in [0, 0.05) is 5.92 Å². The summed E-state index contributed by atoms with van der Waals surface area (Å²) in [5.74, 6) is 3.69. The van der Waals surface area contributed by atoms with Crippen LogP contribution in [0, 0.1) is 46.3 Å². The number of aliphatic hydroxyl groups excluding tert-OH is 1. The van der Waals surface area contributed by atoms with Crippen LogP contribution in [-0.4, -0.2) is 28.2 Å². The van der Waals surface area contributed by atoms with E-state index in [2.05, 4.69) is 20.8 Å². The zero-order chi connectivity index (χ0) is 18.9. The monoisotopic (exact) mass is 362 g/mol. The zero-order valence-electron chi connectivity index (χ0n) is 17.1. The summed E-state index contributed by atoms with van der Waals surface area (Å²) in [6.07, 6.45) is 8.86. The number of carbonyl (C=O) groups is 1. The second kappa shape index (κ2) is 6.04. The molecular weight excluding hydrogens is 324 g/mol. The number of hydrogen-bond acceptors (Lipinski definition) is 3. The van der Waals surface area contributed by atoms with Gasteiger partial charge in [0.2, 0.25) is 0 Å². The Hall–Kier alpha value is -0.410. The minimum Gasteiger partial charge on any atom is -0.390 e. The third-order valence-electron chi connectivity index (χ3n) is 9.55. The molecule has 2 N–H and O–H groups in total. The molecule has 0 aromatic rings. The normalized spacial score (nSPS) is 52.7. The van der Waals surface area contributed by atoms with E-state index in [9.17, 15) is 15.0 Å². The van der Waals surface area contributed by atoms with Gasteiger partial charge in [-0.15, -0.1) is 0 Å². The van der Waals surface area contributed by atoms with Crippen molar-refractivity contribution in [1.82, 2.24) is 0 Å². The van der Waals surface area contributed by atoms with Gasteiger partial charge in [0.25, 0.3) is 0 Å². The van der Waals surface area contributed by atoms with Gasteiger partial charge >= 0.3 is 0 Å². The van der Waals surface area contributed by atoms with Gasteiger partial charge in [-0.2, -0.15) is 0 Å². The van der Waals surface area contributed by atoms with Crippen molar-refractivity contribution in [2.24, 2.45) is 46.3 Å². The lowest BCUT2D eigenvalue weighted by Crippen LogP contribution is -2.56. The fraction of sp³-hybridized carbons (Fsp3) is 0.957. The number of ketones is 1. The molecule has 0 bridgehead atoms. The fourth-order valence-electron chi connectivity index (χ4n) is 8.31. The topological polar surface area (TPSA) is 57.5 Å². The van der Waals surface area contributed by atoms with Crippen LogP contribution in [0.2, 0.25) is 0 Å². The zero-order valence-corrected chi connectivity index (χ0v) is 17.1. The molecule has 4 fully saturated rings. The Morgan fingerprint density at radius 2 is 1.58 bits per heavy atom. The molecule has 0 saturated heterocycles. The quantitative estimate of drug-likeness (QED) is 0.774. The maximum atomic E-state index is 12.4. The van der Waals surface area contributed by atoms with Crippen LogP contribution >= 0.6 is 0 Å². The molecule has 0 amide bonds. The van der Waals surface area contributed by atoms with Crippen LogP contribution in [0.3, 0.4) is 0 Å². The molecular formula is C23H38O3. The summed E-state index contributed by atoms with van der Waals surface area (Å²) in [6, 6.07) is 0. The third-order valence-corrected chi connectivity index (χ3v) is 9.55. The predicted octanol–water partition coefficient (Wildman–Crippen LogP) is 4.20. The minimum atomic E-state index is -0.486. The van der Waals surface area contributed by atoms with Crippen LogP contribution < -0.4 is 0 Å². The van der Waals surface area contributed by atoms with E-state index in [0.29, 0.717) is 11.8 Å². The summed E-state index contributed by atoms with van der Waals surface area (Å²) >= 11 is 0. The lowest BCUT2D eigenvalue weighted by Gasteiger charge is -2.61.